The lowest BCUT2D eigenvalue weighted by atomic mass is 9.88. The molecule has 200 valence electrons. The summed E-state index contributed by atoms with van der Waals surface area (Å²) >= 11 is 6.30. The van der Waals surface area contributed by atoms with Gasteiger partial charge >= 0.3 is 12.1 Å². The number of carbonyl (C=O) groups excluding carboxylic acids is 2. The van der Waals surface area contributed by atoms with Crippen LogP contribution >= 0.6 is 11.6 Å². The first kappa shape index (κ1) is 26.2. The molecule has 2 fully saturated rings. The maximum atomic E-state index is 14.2. The molecule has 2 aliphatic carbocycles. The Morgan fingerprint density at radius 1 is 1.16 bits per heavy atom. The van der Waals surface area contributed by atoms with Crippen molar-refractivity contribution in [3.63, 3.8) is 0 Å². The van der Waals surface area contributed by atoms with Crippen LogP contribution in [0.3, 0.4) is 0 Å². The number of ether oxygens (including phenoxy) is 2. The van der Waals surface area contributed by atoms with E-state index in [0.717, 1.165) is 25.0 Å². The zero-order valence-corrected chi connectivity index (χ0v) is 22.1. The van der Waals surface area contributed by atoms with Crippen LogP contribution in [0.2, 0.25) is 5.02 Å². The van der Waals surface area contributed by atoms with Gasteiger partial charge in [0.2, 0.25) is 0 Å². The Labute approximate surface area is 224 Å². The Balaban J connectivity index is 1.48. The summed E-state index contributed by atoms with van der Waals surface area (Å²) < 4.78 is 26.8. The molecule has 0 saturated heterocycles. The highest BCUT2D eigenvalue weighted by molar-refractivity contribution is 6.35. The topological polar surface area (TPSA) is 99.5 Å². The summed E-state index contributed by atoms with van der Waals surface area (Å²) in [5, 5.41) is 2.96. The first-order chi connectivity index (χ1) is 18.0. The molecule has 1 N–H and O–H groups in total. The smallest absolute Gasteiger partial charge is 0.408 e. The fourth-order valence-corrected chi connectivity index (χ4v) is 4.96. The molecule has 2 aromatic carbocycles. The number of aromatic nitrogens is 2. The predicted molar refractivity (Wildman–Crippen MR) is 140 cm³/mol. The van der Waals surface area contributed by atoms with Crippen LogP contribution in [0.4, 0.5) is 9.18 Å². The van der Waals surface area contributed by atoms with E-state index >= 15 is 0 Å². The maximum absolute atomic E-state index is 14.2. The van der Waals surface area contributed by atoms with Crippen LogP contribution in [0.25, 0.3) is 10.9 Å². The number of hydrogen-bond acceptors (Lipinski definition) is 6. The van der Waals surface area contributed by atoms with Gasteiger partial charge in [0.1, 0.15) is 23.3 Å². The van der Waals surface area contributed by atoms with Crippen LogP contribution in [-0.2, 0) is 9.47 Å². The van der Waals surface area contributed by atoms with Gasteiger partial charge in [-0.3, -0.25) is 9.36 Å². The van der Waals surface area contributed by atoms with Crippen molar-refractivity contribution in [1.82, 2.24) is 14.9 Å². The van der Waals surface area contributed by atoms with E-state index in [4.69, 9.17) is 26.1 Å². The lowest BCUT2D eigenvalue weighted by Crippen LogP contribution is -2.44. The molecule has 8 nitrogen and oxygen atoms in total. The highest BCUT2D eigenvalue weighted by Crippen LogP contribution is 2.43. The van der Waals surface area contributed by atoms with Gasteiger partial charge in [-0.1, -0.05) is 29.8 Å². The minimum atomic E-state index is -0.709. The SMILES string of the molecule is CC(C)(C)OC(=O)N[C@H](c1nc2c(Cl)cc(F)cc2c(=O)n1[C@H]1C[C@H](OC(=O)c2ccccc2)C1)C1CC1. The predicted octanol–water partition coefficient (Wildman–Crippen LogP) is 5.73. The molecule has 10 heteroatoms. The molecular weight excluding hydrogens is 513 g/mol. The maximum Gasteiger partial charge on any atom is 0.408 e. The highest BCUT2D eigenvalue weighted by Gasteiger charge is 2.42. The van der Waals surface area contributed by atoms with E-state index in [9.17, 15) is 18.8 Å². The fourth-order valence-electron chi connectivity index (χ4n) is 4.71. The van der Waals surface area contributed by atoms with Gasteiger partial charge in [-0.2, -0.15) is 0 Å². The monoisotopic (exact) mass is 541 g/mol. The number of halogens is 2. The standard InChI is InChI=1S/C28H29ClFN3O5/c1-28(2,3)38-27(36)32-22(15-9-10-15)24-31-23-20(11-17(30)12-21(23)29)25(34)33(24)18-13-19(14-18)37-26(35)16-7-5-4-6-8-16/h4-8,11-12,15,18-19,22H,9-10,13-14H2,1-3H3,(H,32,36)/t18-,19-,22-/m0/s1. The van der Waals surface area contributed by atoms with Gasteiger partial charge in [0.15, 0.2) is 0 Å². The van der Waals surface area contributed by atoms with Crippen molar-refractivity contribution in [2.75, 3.05) is 0 Å². The van der Waals surface area contributed by atoms with Crippen LogP contribution in [0.1, 0.15) is 74.7 Å². The normalized spacial score (nSPS) is 19.9. The Bertz CT molecular complexity index is 1440. The van der Waals surface area contributed by atoms with Crippen molar-refractivity contribution in [3.8, 4) is 0 Å². The van der Waals surface area contributed by atoms with Crippen molar-refractivity contribution < 1.29 is 23.5 Å². The zero-order valence-electron chi connectivity index (χ0n) is 21.4. The van der Waals surface area contributed by atoms with E-state index < -0.39 is 41.2 Å². The summed E-state index contributed by atoms with van der Waals surface area (Å²) in [6.45, 7) is 5.30. The molecule has 0 radical (unpaired) electrons. The van der Waals surface area contributed by atoms with E-state index in [1.807, 2.05) is 6.07 Å². The molecule has 1 heterocycles. The summed E-state index contributed by atoms with van der Waals surface area (Å²) in [6.07, 6.45) is 1.43. The highest BCUT2D eigenvalue weighted by atomic mass is 35.5. The second-order valence-corrected chi connectivity index (χ2v) is 11.3. The van der Waals surface area contributed by atoms with E-state index in [1.54, 1.807) is 45.0 Å². The lowest BCUT2D eigenvalue weighted by Gasteiger charge is -2.38. The van der Waals surface area contributed by atoms with Crippen LogP contribution < -0.4 is 10.9 Å². The van der Waals surface area contributed by atoms with Crippen molar-refractivity contribution in [2.24, 2.45) is 5.92 Å². The van der Waals surface area contributed by atoms with Crippen molar-refractivity contribution in [2.45, 2.75) is 70.2 Å². The van der Waals surface area contributed by atoms with E-state index in [1.165, 1.54) is 4.57 Å². The molecule has 0 spiro atoms. The second-order valence-electron chi connectivity index (χ2n) is 10.9. The Kier molecular flexibility index (Phi) is 6.90. The molecular formula is C28H29ClFN3O5. The van der Waals surface area contributed by atoms with Gasteiger partial charge in [-0.25, -0.2) is 19.0 Å². The number of esters is 1. The molecule has 3 aromatic rings. The number of fused-ring (bicyclic) bond motifs is 1. The van der Waals surface area contributed by atoms with Gasteiger partial charge in [0.05, 0.1) is 27.5 Å². The summed E-state index contributed by atoms with van der Waals surface area (Å²) in [7, 11) is 0. The molecule has 0 bridgehead atoms. The molecule has 38 heavy (non-hydrogen) atoms. The van der Waals surface area contributed by atoms with Crippen molar-refractivity contribution in [3.05, 3.63) is 75.0 Å². The molecule has 1 atom stereocenters. The van der Waals surface area contributed by atoms with Gasteiger partial charge < -0.3 is 14.8 Å². The number of benzene rings is 2. The lowest BCUT2D eigenvalue weighted by molar-refractivity contribution is -0.00957. The quantitative estimate of drug-likeness (QED) is 0.400. The summed E-state index contributed by atoms with van der Waals surface area (Å²) in [5.41, 5.74) is -0.547. The zero-order chi connectivity index (χ0) is 27.2. The van der Waals surface area contributed by atoms with Crippen molar-refractivity contribution >= 4 is 34.6 Å². The first-order valence-corrected chi connectivity index (χ1v) is 13.0. The fraction of sp³-hybridized carbons (Fsp3) is 0.429. The first-order valence-electron chi connectivity index (χ1n) is 12.7. The largest absolute Gasteiger partial charge is 0.459 e. The average Bonchev–Trinajstić information content (AvgIpc) is 3.65. The van der Waals surface area contributed by atoms with Crippen molar-refractivity contribution in [1.29, 1.82) is 0 Å². The number of alkyl carbamates (subject to hydrolysis) is 1. The number of nitrogens with zero attached hydrogens (tertiary/aromatic N) is 2. The van der Waals surface area contributed by atoms with E-state index in [-0.39, 0.29) is 27.9 Å². The Morgan fingerprint density at radius 3 is 2.47 bits per heavy atom. The van der Waals surface area contributed by atoms with Gasteiger partial charge in [0, 0.05) is 18.9 Å². The summed E-state index contributed by atoms with van der Waals surface area (Å²) in [6, 6.07) is 9.95. The molecule has 1 aromatic heterocycles. The van der Waals surface area contributed by atoms with Crippen LogP contribution in [-0.4, -0.2) is 33.3 Å². The second kappa shape index (κ2) is 10.0. The third-order valence-corrected chi connectivity index (χ3v) is 7.00. The minimum absolute atomic E-state index is 0.0144. The average molecular weight is 542 g/mol. The summed E-state index contributed by atoms with van der Waals surface area (Å²) in [4.78, 5) is 43.7. The molecule has 1 amide bonds. The Hall–Kier alpha value is -3.46. The molecule has 0 unspecified atom stereocenters. The minimum Gasteiger partial charge on any atom is -0.459 e. The Morgan fingerprint density at radius 2 is 1.84 bits per heavy atom. The van der Waals surface area contributed by atoms with Gasteiger partial charge in [-0.15, -0.1) is 0 Å². The van der Waals surface area contributed by atoms with Crippen LogP contribution in [0, 0.1) is 11.7 Å². The number of amides is 1. The molecule has 2 aliphatic rings. The molecule has 0 aliphatic heterocycles. The number of nitrogens with one attached hydrogen (secondary N) is 1. The van der Waals surface area contributed by atoms with Crippen LogP contribution in [0.15, 0.2) is 47.3 Å². The van der Waals surface area contributed by atoms with Crippen LogP contribution in [0.5, 0.6) is 0 Å². The molecule has 5 rings (SSSR count). The van der Waals surface area contributed by atoms with Gasteiger partial charge in [-0.05, 0) is 63.8 Å². The van der Waals surface area contributed by atoms with Gasteiger partial charge in [0.25, 0.3) is 5.56 Å². The number of hydrogen-bond donors (Lipinski definition) is 1. The van der Waals surface area contributed by atoms with E-state index in [2.05, 4.69) is 5.32 Å². The third kappa shape index (κ3) is 5.53. The number of rotatable bonds is 6. The third-order valence-electron chi connectivity index (χ3n) is 6.71. The molecule has 2 saturated carbocycles. The summed E-state index contributed by atoms with van der Waals surface area (Å²) in [5.74, 6) is -0.685. The number of carbonyl (C=O) groups is 2. The van der Waals surface area contributed by atoms with E-state index in [0.29, 0.717) is 24.2 Å².